The fourth-order valence-corrected chi connectivity index (χ4v) is 5.81. The van der Waals surface area contributed by atoms with Gasteiger partial charge in [-0.3, -0.25) is 4.72 Å². The molecule has 4 nitrogen and oxygen atoms in total. The van der Waals surface area contributed by atoms with Crippen LogP contribution in [0, 0.1) is 6.92 Å². The Balaban J connectivity index is 2.27. The van der Waals surface area contributed by atoms with Crippen LogP contribution in [-0.2, 0) is 15.4 Å². The molecule has 110 valence electrons. The summed E-state index contributed by atoms with van der Waals surface area (Å²) in [5.74, 6) is 0. The number of aryl methyl sites for hydroxylation is 1. The fraction of sp³-hybridized carbons (Fsp3) is 0.417. The van der Waals surface area contributed by atoms with Gasteiger partial charge in [-0.1, -0.05) is 20.8 Å². The summed E-state index contributed by atoms with van der Waals surface area (Å²) < 4.78 is 28.2. The van der Waals surface area contributed by atoms with Gasteiger partial charge in [-0.2, -0.15) is 0 Å². The Morgan fingerprint density at radius 2 is 2.00 bits per heavy atom. The van der Waals surface area contributed by atoms with Crippen LogP contribution in [0.2, 0.25) is 0 Å². The third-order valence-electron chi connectivity index (χ3n) is 2.59. The molecule has 2 aromatic rings. The number of anilines is 1. The summed E-state index contributed by atoms with van der Waals surface area (Å²) in [4.78, 5) is 4.34. The summed E-state index contributed by atoms with van der Waals surface area (Å²) in [7, 11) is -3.56. The number of rotatable bonds is 3. The van der Waals surface area contributed by atoms with Crippen molar-refractivity contribution < 1.29 is 8.42 Å². The Morgan fingerprint density at radius 3 is 2.45 bits per heavy atom. The third-order valence-corrected chi connectivity index (χ3v) is 7.43. The number of hydrogen-bond acceptors (Lipinski definition) is 5. The third kappa shape index (κ3) is 3.41. The summed E-state index contributed by atoms with van der Waals surface area (Å²) in [5.41, 5.74) is 1.69. The molecule has 0 aliphatic heterocycles. The van der Waals surface area contributed by atoms with Crippen molar-refractivity contribution in [2.75, 3.05) is 4.72 Å². The molecule has 8 heteroatoms. The van der Waals surface area contributed by atoms with Gasteiger partial charge in [0, 0.05) is 10.8 Å². The first kappa shape index (κ1) is 15.9. The predicted molar refractivity (Wildman–Crippen MR) is 88.4 cm³/mol. The molecule has 2 aromatic heterocycles. The first-order valence-corrected chi connectivity index (χ1v) is 9.81. The zero-order valence-electron chi connectivity index (χ0n) is 11.5. The molecule has 1 N–H and O–H groups in total. The molecule has 0 saturated heterocycles. The van der Waals surface area contributed by atoms with Gasteiger partial charge in [-0.25, -0.2) is 13.4 Å². The predicted octanol–water partition coefficient (Wildman–Crippen LogP) is 4.37. The van der Waals surface area contributed by atoms with Crippen LogP contribution in [0.3, 0.4) is 0 Å². The molecule has 0 fully saturated rings. The molecule has 0 radical (unpaired) electrons. The molecule has 0 unspecified atom stereocenters. The number of nitrogens with one attached hydrogen (secondary N) is 1. The minimum atomic E-state index is -3.56. The average Bonchev–Trinajstić information content (AvgIpc) is 2.86. The van der Waals surface area contributed by atoms with Gasteiger partial charge in [0.25, 0.3) is 10.0 Å². The highest BCUT2D eigenvalue weighted by molar-refractivity contribution is 9.11. The van der Waals surface area contributed by atoms with Crippen LogP contribution in [0.25, 0.3) is 0 Å². The molecular weight excluding hydrogens is 380 g/mol. The lowest BCUT2D eigenvalue weighted by molar-refractivity contribution is 0.573. The molecule has 2 heterocycles. The molecule has 0 bridgehead atoms. The molecule has 2 rings (SSSR count). The molecular formula is C12H15BrN2O2S3. The second kappa shape index (κ2) is 5.40. The SMILES string of the molecule is Cc1cc(S(=O)(=O)Nc2nc(C(C)(C)C)cs2)sc1Br. The van der Waals surface area contributed by atoms with E-state index >= 15 is 0 Å². The van der Waals surface area contributed by atoms with Gasteiger partial charge in [0.05, 0.1) is 9.48 Å². The van der Waals surface area contributed by atoms with Gasteiger partial charge in [-0.15, -0.1) is 22.7 Å². The summed E-state index contributed by atoms with van der Waals surface area (Å²) in [6.07, 6.45) is 0. The molecule has 0 aliphatic carbocycles. The Bertz CT molecular complexity index is 707. The van der Waals surface area contributed by atoms with Crippen LogP contribution >= 0.6 is 38.6 Å². The average molecular weight is 395 g/mol. The number of thiophene rings is 1. The van der Waals surface area contributed by atoms with Crippen LogP contribution in [-0.4, -0.2) is 13.4 Å². The van der Waals surface area contributed by atoms with E-state index in [0.717, 1.165) is 15.0 Å². The van der Waals surface area contributed by atoms with Crippen molar-refractivity contribution in [2.24, 2.45) is 0 Å². The number of thiazole rings is 1. The summed E-state index contributed by atoms with van der Waals surface area (Å²) in [6.45, 7) is 7.99. The zero-order valence-corrected chi connectivity index (χ0v) is 15.6. The van der Waals surface area contributed by atoms with Gasteiger partial charge in [0.2, 0.25) is 0 Å². The highest BCUT2D eigenvalue weighted by atomic mass is 79.9. The molecule has 0 amide bonds. The minimum absolute atomic E-state index is 0.0945. The Hall–Kier alpha value is -0.440. The lowest BCUT2D eigenvalue weighted by Gasteiger charge is -2.14. The molecule has 0 aromatic carbocycles. The monoisotopic (exact) mass is 394 g/mol. The van der Waals surface area contributed by atoms with E-state index in [1.165, 1.54) is 22.7 Å². The van der Waals surface area contributed by atoms with Gasteiger partial charge in [0.15, 0.2) is 5.13 Å². The Labute approximate surface area is 135 Å². The topological polar surface area (TPSA) is 59.1 Å². The smallest absolute Gasteiger partial charge is 0.254 e. The van der Waals surface area contributed by atoms with E-state index in [9.17, 15) is 8.42 Å². The van der Waals surface area contributed by atoms with Crippen molar-refractivity contribution in [1.82, 2.24) is 4.98 Å². The summed E-state index contributed by atoms with van der Waals surface area (Å²) in [5, 5.41) is 2.28. The summed E-state index contributed by atoms with van der Waals surface area (Å²) >= 11 is 5.83. The van der Waals surface area contributed by atoms with Gasteiger partial charge in [-0.05, 0) is 34.5 Å². The van der Waals surface area contributed by atoms with Crippen LogP contribution < -0.4 is 4.72 Å². The highest BCUT2D eigenvalue weighted by Crippen LogP contribution is 2.33. The first-order valence-electron chi connectivity index (χ1n) is 5.84. The van der Waals surface area contributed by atoms with Crippen LogP contribution in [0.15, 0.2) is 19.4 Å². The largest absolute Gasteiger partial charge is 0.273 e. The zero-order chi connectivity index (χ0) is 15.1. The second-order valence-electron chi connectivity index (χ2n) is 5.42. The van der Waals surface area contributed by atoms with Crippen molar-refractivity contribution in [1.29, 1.82) is 0 Å². The van der Waals surface area contributed by atoms with E-state index in [2.05, 4.69) is 25.6 Å². The fourth-order valence-electron chi connectivity index (χ4n) is 1.39. The summed E-state index contributed by atoms with van der Waals surface area (Å²) in [6, 6.07) is 1.65. The van der Waals surface area contributed by atoms with Crippen LogP contribution in [0.4, 0.5) is 5.13 Å². The van der Waals surface area contributed by atoms with Crippen LogP contribution in [0.1, 0.15) is 32.0 Å². The second-order valence-corrected chi connectivity index (χ2v) is 10.6. The maximum Gasteiger partial charge on any atom is 0.273 e. The van der Waals surface area contributed by atoms with E-state index in [4.69, 9.17) is 0 Å². The molecule has 0 saturated carbocycles. The number of nitrogens with zero attached hydrogens (tertiary/aromatic N) is 1. The van der Waals surface area contributed by atoms with Gasteiger partial charge >= 0.3 is 0 Å². The minimum Gasteiger partial charge on any atom is -0.254 e. The lowest BCUT2D eigenvalue weighted by atomic mass is 9.93. The molecule has 0 aliphatic rings. The quantitative estimate of drug-likeness (QED) is 0.840. The van der Waals surface area contributed by atoms with Crippen molar-refractivity contribution in [3.05, 3.63) is 26.5 Å². The van der Waals surface area contributed by atoms with E-state index in [0.29, 0.717) is 5.13 Å². The maximum atomic E-state index is 12.3. The molecule has 0 atom stereocenters. The number of aromatic nitrogens is 1. The Kier molecular flexibility index (Phi) is 4.30. The van der Waals surface area contributed by atoms with Gasteiger partial charge in [0.1, 0.15) is 4.21 Å². The van der Waals surface area contributed by atoms with Crippen LogP contribution in [0.5, 0.6) is 0 Å². The van der Waals surface area contributed by atoms with E-state index < -0.39 is 10.0 Å². The number of sulfonamides is 1. The Morgan fingerprint density at radius 1 is 1.35 bits per heavy atom. The standard InChI is InChI=1S/C12H15BrN2O2S3/c1-7-5-9(19-10(7)13)20(16,17)15-11-14-8(6-18-11)12(2,3)4/h5-6H,1-4H3,(H,14,15). The maximum absolute atomic E-state index is 12.3. The number of halogens is 1. The normalized spacial score (nSPS) is 12.7. The van der Waals surface area contributed by atoms with E-state index in [1.54, 1.807) is 6.07 Å². The lowest BCUT2D eigenvalue weighted by Crippen LogP contribution is -2.14. The first-order chi connectivity index (χ1) is 9.09. The molecule has 0 spiro atoms. The molecule has 20 heavy (non-hydrogen) atoms. The van der Waals surface area contributed by atoms with Crippen molar-refractivity contribution in [3.63, 3.8) is 0 Å². The van der Waals surface area contributed by atoms with Crippen molar-refractivity contribution in [2.45, 2.75) is 37.3 Å². The van der Waals surface area contributed by atoms with E-state index in [-0.39, 0.29) is 9.62 Å². The number of hydrogen-bond donors (Lipinski definition) is 1. The van der Waals surface area contributed by atoms with Crippen molar-refractivity contribution >= 4 is 53.8 Å². The highest BCUT2D eigenvalue weighted by Gasteiger charge is 2.22. The van der Waals surface area contributed by atoms with Crippen molar-refractivity contribution in [3.8, 4) is 0 Å². The van der Waals surface area contributed by atoms with Gasteiger partial charge < -0.3 is 0 Å². The van der Waals surface area contributed by atoms with E-state index in [1.807, 2.05) is 33.1 Å².